The number of anilines is 1. The molecule has 1 aromatic heterocycles. The number of benzene rings is 2. The molecule has 3 aromatic rings. The third-order valence-electron chi connectivity index (χ3n) is 3.53. The number of ether oxygens (including phenoxy) is 1. The molecule has 5 heteroatoms. The standard InChI is InChI=1S/C20H17ClN2O2/c1-14(24)22-20-19(12-9-16(13-21)23-20)15-7-10-18(11-8-15)25-17-5-3-2-4-6-17/h2-12H,13H2,1H3,(H,22,23,24). The van der Waals surface area contributed by atoms with Gasteiger partial charge in [-0.25, -0.2) is 4.98 Å². The Morgan fingerprint density at radius 1 is 1.00 bits per heavy atom. The van der Waals surface area contributed by atoms with Crippen molar-refractivity contribution in [2.45, 2.75) is 12.8 Å². The van der Waals surface area contributed by atoms with Gasteiger partial charge >= 0.3 is 0 Å². The fourth-order valence-electron chi connectivity index (χ4n) is 2.40. The van der Waals surface area contributed by atoms with E-state index in [1.807, 2.05) is 66.7 Å². The summed E-state index contributed by atoms with van der Waals surface area (Å²) in [6.45, 7) is 1.45. The largest absolute Gasteiger partial charge is 0.457 e. The summed E-state index contributed by atoms with van der Waals surface area (Å²) in [4.78, 5) is 15.9. The first kappa shape index (κ1) is 17.0. The lowest BCUT2D eigenvalue weighted by Crippen LogP contribution is -2.09. The van der Waals surface area contributed by atoms with E-state index >= 15 is 0 Å². The second-order valence-corrected chi connectivity index (χ2v) is 5.72. The molecule has 0 aliphatic heterocycles. The predicted octanol–water partition coefficient (Wildman–Crippen LogP) is 5.24. The molecule has 1 N–H and O–H groups in total. The first-order chi connectivity index (χ1) is 12.2. The van der Waals surface area contributed by atoms with Crippen LogP contribution >= 0.6 is 11.6 Å². The van der Waals surface area contributed by atoms with Gasteiger partial charge in [0.1, 0.15) is 17.3 Å². The Morgan fingerprint density at radius 3 is 2.32 bits per heavy atom. The number of para-hydroxylation sites is 1. The van der Waals surface area contributed by atoms with Crippen molar-refractivity contribution in [1.29, 1.82) is 0 Å². The van der Waals surface area contributed by atoms with E-state index in [2.05, 4.69) is 10.3 Å². The van der Waals surface area contributed by atoms with Gasteiger partial charge in [-0.15, -0.1) is 11.6 Å². The predicted molar refractivity (Wildman–Crippen MR) is 100 cm³/mol. The molecule has 3 rings (SSSR count). The van der Waals surface area contributed by atoms with Crippen molar-refractivity contribution in [3.8, 4) is 22.6 Å². The lowest BCUT2D eigenvalue weighted by atomic mass is 10.1. The molecule has 0 fully saturated rings. The Bertz CT molecular complexity index is 865. The van der Waals surface area contributed by atoms with Crippen LogP contribution in [0.2, 0.25) is 0 Å². The molecule has 0 bridgehead atoms. The molecule has 0 aliphatic carbocycles. The number of nitrogens with zero attached hydrogens (tertiary/aromatic N) is 1. The Morgan fingerprint density at radius 2 is 1.68 bits per heavy atom. The Balaban J connectivity index is 1.87. The number of halogens is 1. The van der Waals surface area contributed by atoms with Gasteiger partial charge in [0.2, 0.25) is 5.91 Å². The molecule has 0 radical (unpaired) electrons. The minimum absolute atomic E-state index is 0.176. The molecule has 25 heavy (non-hydrogen) atoms. The highest BCUT2D eigenvalue weighted by atomic mass is 35.5. The van der Waals surface area contributed by atoms with Crippen LogP contribution in [-0.2, 0) is 10.7 Å². The van der Waals surface area contributed by atoms with Crippen LogP contribution in [-0.4, -0.2) is 10.9 Å². The van der Waals surface area contributed by atoms with Crippen LogP contribution in [0.4, 0.5) is 5.82 Å². The quantitative estimate of drug-likeness (QED) is 0.639. The molecule has 0 aliphatic rings. The zero-order valence-corrected chi connectivity index (χ0v) is 14.5. The van der Waals surface area contributed by atoms with Gasteiger partial charge in [0.05, 0.1) is 11.6 Å². The summed E-state index contributed by atoms with van der Waals surface area (Å²) in [6.07, 6.45) is 0. The highest BCUT2D eigenvalue weighted by Gasteiger charge is 2.10. The van der Waals surface area contributed by atoms with Crippen molar-refractivity contribution in [2.75, 3.05) is 5.32 Å². The Labute approximate surface area is 151 Å². The summed E-state index contributed by atoms with van der Waals surface area (Å²) in [6, 6.07) is 21.0. The Kier molecular flexibility index (Phi) is 5.31. The van der Waals surface area contributed by atoms with E-state index in [4.69, 9.17) is 16.3 Å². The number of carbonyl (C=O) groups excluding carboxylic acids is 1. The zero-order chi connectivity index (χ0) is 17.6. The SMILES string of the molecule is CC(=O)Nc1nc(CCl)ccc1-c1ccc(Oc2ccccc2)cc1. The first-order valence-corrected chi connectivity index (χ1v) is 8.36. The lowest BCUT2D eigenvalue weighted by molar-refractivity contribution is -0.114. The highest BCUT2D eigenvalue weighted by Crippen LogP contribution is 2.30. The number of hydrogen-bond acceptors (Lipinski definition) is 3. The number of aromatic nitrogens is 1. The van der Waals surface area contributed by atoms with Crippen LogP contribution in [0.3, 0.4) is 0 Å². The molecule has 0 spiro atoms. The molecule has 0 saturated heterocycles. The average molecular weight is 353 g/mol. The van der Waals surface area contributed by atoms with E-state index in [9.17, 15) is 4.79 Å². The van der Waals surface area contributed by atoms with Crippen molar-refractivity contribution in [3.05, 3.63) is 72.4 Å². The lowest BCUT2D eigenvalue weighted by Gasteiger charge is -2.11. The average Bonchev–Trinajstić information content (AvgIpc) is 2.63. The number of nitrogens with one attached hydrogen (secondary N) is 1. The van der Waals surface area contributed by atoms with Gasteiger partial charge in [-0.2, -0.15) is 0 Å². The monoisotopic (exact) mass is 352 g/mol. The molecular formula is C20H17ClN2O2. The Hall–Kier alpha value is -2.85. The van der Waals surface area contributed by atoms with E-state index in [1.54, 1.807) is 0 Å². The summed E-state index contributed by atoms with van der Waals surface area (Å²) in [5.74, 6) is 2.13. The van der Waals surface area contributed by atoms with Gasteiger partial charge in [-0.3, -0.25) is 4.79 Å². The summed E-state index contributed by atoms with van der Waals surface area (Å²) >= 11 is 5.84. The molecule has 126 valence electrons. The highest BCUT2D eigenvalue weighted by molar-refractivity contribution is 6.16. The first-order valence-electron chi connectivity index (χ1n) is 7.82. The molecule has 1 heterocycles. The van der Waals surface area contributed by atoms with Gasteiger partial charge in [0.25, 0.3) is 0 Å². The van der Waals surface area contributed by atoms with E-state index in [-0.39, 0.29) is 11.8 Å². The summed E-state index contributed by atoms with van der Waals surface area (Å²) in [5, 5.41) is 2.76. The maximum absolute atomic E-state index is 11.4. The smallest absolute Gasteiger partial charge is 0.222 e. The normalized spacial score (nSPS) is 10.3. The van der Waals surface area contributed by atoms with Crippen molar-refractivity contribution >= 4 is 23.3 Å². The molecule has 0 saturated carbocycles. The van der Waals surface area contributed by atoms with E-state index in [0.717, 1.165) is 22.6 Å². The van der Waals surface area contributed by atoms with Crippen LogP contribution < -0.4 is 10.1 Å². The fraction of sp³-hybridized carbons (Fsp3) is 0.100. The van der Waals surface area contributed by atoms with Gasteiger partial charge in [0.15, 0.2) is 0 Å². The van der Waals surface area contributed by atoms with Crippen molar-refractivity contribution in [3.63, 3.8) is 0 Å². The van der Waals surface area contributed by atoms with Crippen LogP contribution in [0.1, 0.15) is 12.6 Å². The topological polar surface area (TPSA) is 51.2 Å². The van der Waals surface area contributed by atoms with Gasteiger partial charge in [0, 0.05) is 12.5 Å². The molecule has 4 nitrogen and oxygen atoms in total. The number of pyridine rings is 1. The minimum Gasteiger partial charge on any atom is -0.457 e. The number of alkyl halides is 1. The van der Waals surface area contributed by atoms with Crippen LogP contribution in [0.25, 0.3) is 11.1 Å². The van der Waals surface area contributed by atoms with Crippen molar-refractivity contribution < 1.29 is 9.53 Å². The van der Waals surface area contributed by atoms with E-state index in [0.29, 0.717) is 11.5 Å². The van der Waals surface area contributed by atoms with Gasteiger partial charge in [-0.1, -0.05) is 30.3 Å². The molecule has 1 amide bonds. The third-order valence-corrected chi connectivity index (χ3v) is 3.80. The fourth-order valence-corrected chi connectivity index (χ4v) is 2.54. The summed E-state index contributed by atoms with van der Waals surface area (Å²) in [5.41, 5.74) is 2.46. The third kappa shape index (κ3) is 4.37. The van der Waals surface area contributed by atoms with Crippen molar-refractivity contribution in [1.82, 2.24) is 4.98 Å². The number of rotatable bonds is 5. The molecular weight excluding hydrogens is 336 g/mol. The van der Waals surface area contributed by atoms with E-state index in [1.165, 1.54) is 6.92 Å². The van der Waals surface area contributed by atoms with Crippen LogP contribution in [0.15, 0.2) is 66.7 Å². The zero-order valence-electron chi connectivity index (χ0n) is 13.7. The second-order valence-electron chi connectivity index (χ2n) is 5.45. The number of hydrogen-bond donors (Lipinski definition) is 1. The van der Waals surface area contributed by atoms with Crippen LogP contribution in [0, 0.1) is 0 Å². The molecule has 2 aromatic carbocycles. The maximum Gasteiger partial charge on any atom is 0.222 e. The summed E-state index contributed by atoms with van der Waals surface area (Å²) < 4.78 is 5.80. The maximum atomic E-state index is 11.4. The minimum atomic E-state index is -0.176. The second kappa shape index (κ2) is 7.81. The number of amides is 1. The van der Waals surface area contributed by atoms with Gasteiger partial charge < -0.3 is 10.1 Å². The summed E-state index contributed by atoms with van der Waals surface area (Å²) in [7, 11) is 0. The molecule has 0 atom stereocenters. The van der Waals surface area contributed by atoms with Crippen molar-refractivity contribution in [2.24, 2.45) is 0 Å². The number of carbonyl (C=O) groups is 1. The van der Waals surface area contributed by atoms with Gasteiger partial charge in [-0.05, 0) is 42.0 Å². The van der Waals surface area contributed by atoms with E-state index < -0.39 is 0 Å². The van der Waals surface area contributed by atoms with Crippen LogP contribution in [0.5, 0.6) is 11.5 Å². The molecule has 0 unspecified atom stereocenters.